The Morgan fingerprint density at radius 3 is 2.10 bits per heavy atom. The van der Waals surface area contributed by atoms with Crippen LogP contribution in [0, 0.1) is 35.5 Å². The molecule has 8 heteroatoms. The zero-order valence-electron chi connectivity index (χ0n) is 33.8. The minimum absolute atomic E-state index is 0.0548. The van der Waals surface area contributed by atoms with Crippen LogP contribution in [0.15, 0.2) is 64.1 Å². The second-order valence-corrected chi connectivity index (χ2v) is 30.8. The summed E-state index contributed by atoms with van der Waals surface area (Å²) in [4.78, 5) is 0.225. The number of benzene rings is 1. The Hall–Kier alpha value is -1.30. The van der Waals surface area contributed by atoms with Crippen LogP contribution in [-0.4, -0.2) is 43.9 Å². The van der Waals surface area contributed by atoms with Gasteiger partial charge in [0.15, 0.2) is 16.6 Å². The number of aryl methyl sites for hydroxylation is 1. The Morgan fingerprint density at radius 2 is 1.50 bits per heavy atom. The van der Waals surface area contributed by atoms with E-state index in [2.05, 4.69) is 107 Å². The van der Waals surface area contributed by atoms with E-state index in [4.69, 9.17) is 13.0 Å². The van der Waals surface area contributed by atoms with Gasteiger partial charge in [0.1, 0.15) is 0 Å². The van der Waals surface area contributed by atoms with Crippen molar-refractivity contribution < 1.29 is 21.5 Å². The first kappa shape index (κ1) is 39.9. The Morgan fingerprint density at radius 1 is 0.900 bits per heavy atom. The molecule has 7 atom stereocenters. The lowest BCUT2D eigenvalue weighted by Crippen LogP contribution is -2.58. The van der Waals surface area contributed by atoms with Crippen LogP contribution in [0.5, 0.6) is 0 Å². The van der Waals surface area contributed by atoms with E-state index < -0.39 is 26.8 Å². The van der Waals surface area contributed by atoms with E-state index in [1.165, 1.54) is 11.1 Å². The highest BCUT2D eigenvalue weighted by molar-refractivity contribution is 7.86. The molecule has 280 valence electrons. The number of allylic oxidation sites excluding steroid dienone is 5. The monoisotopic (exact) mass is 740 g/mol. The molecule has 2 fully saturated rings. The quantitative estimate of drug-likeness (QED) is 0.136. The van der Waals surface area contributed by atoms with Gasteiger partial charge in [0.25, 0.3) is 10.1 Å². The SMILES string of the molecule is Cc1ccc(S(=O)(=O)OCC[C@H](C)C2=CC[C@H]3C4=CC=C5C[C@@H](O[Si](C)(C)C(C)(C)C)C[C@H](O[Si](C)(C)C(C)(C)C)[C@]5(C)[C@H]4CC[C@]23C)cc1. The molecule has 0 saturated heterocycles. The lowest BCUT2D eigenvalue weighted by atomic mass is 9.49. The standard InChI is InChI=1S/C42H68O5SSi2/c1-29-15-18-33(19-16-29)48(43,44)45-26-24-30(2)35-21-22-36-34-20-17-31-27-32(46-49(11,12)39(3,4)5)28-38(47-50(13,14)40(6,7)8)42(31,10)37(34)23-25-41(35,36)9/h15-21,30,32,36-38H,22-28H2,1-14H3/t30-,32+,36-,37-,38-,41+,42-/m0/s1. The average Bonchev–Trinajstić information content (AvgIpc) is 3.34. The molecule has 0 radical (unpaired) electrons. The van der Waals surface area contributed by atoms with Gasteiger partial charge in [-0.15, -0.1) is 0 Å². The summed E-state index contributed by atoms with van der Waals surface area (Å²) in [6, 6.07) is 6.89. The zero-order valence-corrected chi connectivity index (χ0v) is 36.6. The van der Waals surface area contributed by atoms with Gasteiger partial charge in [0.05, 0.1) is 23.7 Å². The summed E-state index contributed by atoms with van der Waals surface area (Å²) in [6.07, 6.45) is 13.7. The Balaban J connectivity index is 1.38. The van der Waals surface area contributed by atoms with Crippen LogP contribution in [0.2, 0.25) is 36.3 Å². The molecule has 4 aliphatic carbocycles. The van der Waals surface area contributed by atoms with Crippen molar-refractivity contribution in [1.29, 1.82) is 0 Å². The van der Waals surface area contributed by atoms with Crippen LogP contribution in [-0.2, 0) is 23.2 Å². The zero-order chi connectivity index (χ0) is 37.3. The third-order valence-corrected chi connectivity index (χ3v) is 24.7. The summed E-state index contributed by atoms with van der Waals surface area (Å²) in [7, 11) is -7.79. The predicted octanol–water partition coefficient (Wildman–Crippen LogP) is 11.5. The molecule has 0 spiro atoms. The van der Waals surface area contributed by atoms with Crippen molar-refractivity contribution in [3.63, 3.8) is 0 Å². The van der Waals surface area contributed by atoms with E-state index in [1.807, 2.05) is 19.1 Å². The predicted molar refractivity (Wildman–Crippen MR) is 213 cm³/mol. The van der Waals surface area contributed by atoms with Crippen LogP contribution in [0.1, 0.15) is 106 Å². The topological polar surface area (TPSA) is 61.8 Å². The second kappa shape index (κ2) is 13.5. The summed E-state index contributed by atoms with van der Waals surface area (Å²) in [5.41, 5.74) is 5.66. The van der Waals surface area contributed by atoms with Gasteiger partial charge >= 0.3 is 0 Å². The van der Waals surface area contributed by atoms with Gasteiger partial charge in [-0.3, -0.25) is 4.18 Å². The van der Waals surface area contributed by atoms with Crippen molar-refractivity contribution in [3.05, 3.63) is 64.8 Å². The molecular weight excluding hydrogens is 673 g/mol. The number of hydrogen-bond acceptors (Lipinski definition) is 5. The maximum absolute atomic E-state index is 12.9. The molecule has 0 unspecified atom stereocenters. The van der Waals surface area contributed by atoms with Crippen molar-refractivity contribution >= 4 is 26.8 Å². The fourth-order valence-electron chi connectivity index (χ4n) is 9.04. The lowest BCUT2D eigenvalue weighted by Gasteiger charge is -2.59. The fourth-order valence-corrected chi connectivity index (χ4v) is 12.7. The lowest BCUT2D eigenvalue weighted by molar-refractivity contribution is -0.0389. The van der Waals surface area contributed by atoms with Crippen molar-refractivity contribution in [2.24, 2.45) is 28.6 Å². The van der Waals surface area contributed by atoms with E-state index in [0.29, 0.717) is 18.3 Å². The van der Waals surface area contributed by atoms with Crippen molar-refractivity contribution in [3.8, 4) is 0 Å². The van der Waals surface area contributed by atoms with E-state index >= 15 is 0 Å². The second-order valence-electron chi connectivity index (χ2n) is 19.7. The average molecular weight is 741 g/mol. The largest absolute Gasteiger partial charge is 0.414 e. The van der Waals surface area contributed by atoms with Crippen molar-refractivity contribution in [1.82, 2.24) is 0 Å². The first-order valence-electron chi connectivity index (χ1n) is 19.3. The molecule has 0 heterocycles. The van der Waals surface area contributed by atoms with Crippen LogP contribution >= 0.6 is 0 Å². The molecule has 50 heavy (non-hydrogen) atoms. The molecule has 1 aromatic rings. The fraction of sp³-hybridized carbons (Fsp3) is 0.714. The summed E-state index contributed by atoms with van der Waals surface area (Å²) in [5.74, 6) is 1.16. The summed E-state index contributed by atoms with van der Waals surface area (Å²) in [6.45, 7) is 33.1. The number of hydrogen-bond donors (Lipinski definition) is 0. The molecule has 5 nitrogen and oxygen atoms in total. The maximum Gasteiger partial charge on any atom is 0.296 e. The van der Waals surface area contributed by atoms with Gasteiger partial charge < -0.3 is 8.85 Å². The summed E-state index contributed by atoms with van der Waals surface area (Å²) >= 11 is 0. The Labute approximate surface area is 308 Å². The number of rotatable bonds is 10. The normalized spacial score (nSPS) is 31.2. The van der Waals surface area contributed by atoms with Crippen LogP contribution in [0.25, 0.3) is 0 Å². The van der Waals surface area contributed by atoms with Crippen molar-refractivity contribution in [2.45, 2.75) is 161 Å². The van der Waals surface area contributed by atoms with Gasteiger partial charge in [-0.2, -0.15) is 8.42 Å². The molecule has 0 aromatic heterocycles. The third kappa shape index (κ3) is 7.29. The van der Waals surface area contributed by atoms with E-state index in [9.17, 15) is 8.42 Å². The van der Waals surface area contributed by atoms with Gasteiger partial charge in [-0.25, -0.2) is 0 Å². The van der Waals surface area contributed by atoms with Gasteiger partial charge in [-0.05, 0) is 117 Å². The molecule has 0 amide bonds. The Bertz CT molecular complexity index is 1620. The van der Waals surface area contributed by atoms with Gasteiger partial charge in [-0.1, -0.05) is 115 Å². The summed E-state index contributed by atoms with van der Waals surface area (Å²) in [5, 5.41) is 0.291. The molecule has 1 aromatic carbocycles. The van der Waals surface area contributed by atoms with E-state index in [1.54, 1.807) is 17.7 Å². The van der Waals surface area contributed by atoms with E-state index in [0.717, 1.165) is 37.7 Å². The third-order valence-electron chi connectivity index (χ3n) is 14.4. The first-order chi connectivity index (χ1) is 22.8. The molecule has 2 saturated carbocycles. The number of fused-ring (bicyclic) bond motifs is 5. The Kier molecular flexibility index (Phi) is 10.8. The minimum atomic E-state index is -3.77. The highest BCUT2D eigenvalue weighted by Crippen LogP contribution is 2.65. The molecule has 0 aliphatic heterocycles. The van der Waals surface area contributed by atoms with E-state index in [-0.39, 0.29) is 50.5 Å². The van der Waals surface area contributed by atoms with Crippen LogP contribution < -0.4 is 0 Å². The smallest absolute Gasteiger partial charge is 0.296 e. The molecule has 0 bridgehead atoms. The highest BCUT2D eigenvalue weighted by Gasteiger charge is 2.59. The molecule has 4 aliphatic rings. The van der Waals surface area contributed by atoms with Gasteiger partial charge in [0, 0.05) is 5.41 Å². The minimum Gasteiger partial charge on any atom is -0.414 e. The maximum atomic E-state index is 12.9. The molecule has 5 rings (SSSR count). The first-order valence-corrected chi connectivity index (χ1v) is 26.5. The van der Waals surface area contributed by atoms with Gasteiger partial charge in [0.2, 0.25) is 0 Å². The summed E-state index contributed by atoms with van der Waals surface area (Å²) < 4.78 is 46.0. The van der Waals surface area contributed by atoms with Crippen LogP contribution in [0.3, 0.4) is 0 Å². The van der Waals surface area contributed by atoms with Crippen molar-refractivity contribution in [2.75, 3.05) is 6.61 Å². The molecule has 0 N–H and O–H groups in total. The van der Waals surface area contributed by atoms with Crippen LogP contribution in [0.4, 0.5) is 0 Å². The highest BCUT2D eigenvalue weighted by atomic mass is 32.2. The molecular formula is C42H68O5SSi2.